The van der Waals surface area contributed by atoms with E-state index in [9.17, 15) is 18.3 Å². The fraction of sp³-hybridized carbons (Fsp3) is 0.519. The number of hydrogen-bond acceptors (Lipinski definition) is 4. The zero-order valence-corrected chi connectivity index (χ0v) is 23.9. The quantitative estimate of drug-likeness (QED) is 0.272. The van der Waals surface area contributed by atoms with Crippen LogP contribution in [0, 0.1) is 12.8 Å². The van der Waals surface area contributed by atoms with Crippen LogP contribution in [0.3, 0.4) is 0 Å². The molecular weight excluding hydrogens is 546 g/mol. The molecule has 0 unspecified atom stereocenters. The predicted octanol–water partition coefficient (Wildman–Crippen LogP) is 7.05. The Balaban J connectivity index is 2.11. The molecule has 192 valence electrons. The minimum Gasteiger partial charge on any atom is -0.481 e. The van der Waals surface area contributed by atoms with E-state index in [2.05, 4.69) is 22.9 Å². The predicted molar refractivity (Wildman–Crippen MR) is 147 cm³/mol. The number of rotatable bonds is 12. The van der Waals surface area contributed by atoms with Crippen LogP contribution in [0.1, 0.15) is 69.5 Å². The van der Waals surface area contributed by atoms with Crippen molar-refractivity contribution in [2.75, 3.05) is 5.75 Å². The minimum atomic E-state index is -3.93. The molecule has 0 aromatic heterocycles. The van der Waals surface area contributed by atoms with Crippen molar-refractivity contribution in [1.82, 2.24) is 4.31 Å². The van der Waals surface area contributed by atoms with Crippen LogP contribution in [-0.4, -0.2) is 40.8 Å². The van der Waals surface area contributed by atoms with E-state index < -0.39 is 34.0 Å². The van der Waals surface area contributed by atoms with Crippen molar-refractivity contribution < 1.29 is 18.3 Å². The van der Waals surface area contributed by atoms with Crippen molar-refractivity contribution >= 4 is 43.7 Å². The third kappa shape index (κ3) is 6.51. The van der Waals surface area contributed by atoms with Gasteiger partial charge < -0.3 is 5.11 Å². The van der Waals surface area contributed by atoms with Gasteiger partial charge in [-0.3, -0.25) is 4.79 Å². The fourth-order valence-corrected chi connectivity index (χ4v) is 8.74. The highest BCUT2D eigenvalue weighted by Gasteiger charge is 2.56. The molecule has 0 radical (unpaired) electrons. The molecule has 3 rings (SSSR count). The second-order valence-corrected chi connectivity index (χ2v) is 13.3. The van der Waals surface area contributed by atoms with Gasteiger partial charge in [0.15, 0.2) is 0 Å². The van der Waals surface area contributed by atoms with Crippen LogP contribution in [0.4, 0.5) is 0 Å². The number of unbranched alkanes of at least 4 members (excludes halogenated alkanes) is 3. The number of thioether (sulfide) groups is 1. The van der Waals surface area contributed by atoms with Crippen LogP contribution in [0.15, 0.2) is 57.9 Å². The SMILES string of the molecule is CCCCCCS[C@H]1[C@@H](C(=O)O)[C@H](c2ccc(Br)cc2)N(S(=O)(=O)c2ccc(C)cc2)[C@@H]1CCC. The molecule has 5 nitrogen and oxygen atoms in total. The van der Waals surface area contributed by atoms with Crippen molar-refractivity contribution in [2.24, 2.45) is 5.92 Å². The Morgan fingerprint density at radius 2 is 1.66 bits per heavy atom. The number of benzene rings is 2. The van der Waals surface area contributed by atoms with Crippen LogP contribution in [-0.2, 0) is 14.8 Å². The Morgan fingerprint density at radius 1 is 1.00 bits per heavy atom. The first-order chi connectivity index (χ1) is 16.7. The van der Waals surface area contributed by atoms with Gasteiger partial charge in [0.1, 0.15) is 0 Å². The maximum Gasteiger partial charge on any atom is 0.309 e. The molecule has 8 heteroatoms. The first-order valence-electron chi connectivity index (χ1n) is 12.4. The first kappa shape index (κ1) is 28.2. The van der Waals surface area contributed by atoms with Gasteiger partial charge in [0, 0.05) is 15.8 Å². The van der Waals surface area contributed by atoms with Gasteiger partial charge in [-0.25, -0.2) is 8.42 Å². The largest absolute Gasteiger partial charge is 0.481 e. The molecule has 1 N–H and O–H groups in total. The molecule has 1 aliphatic rings. The van der Waals surface area contributed by atoms with Crippen LogP contribution in [0.2, 0.25) is 0 Å². The van der Waals surface area contributed by atoms with Gasteiger partial charge >= 0.3 is 5.97 Å². The number of aryl methyl sites for hydroxylation is 1. The van der Waals surface area contributed by atoms with Gasteiger partial charge in [-0.1, -0.05) is 85.3 Å². The summed E-state index contributed by atoms with van der Waals surface area (Å²) in [4.78, 5) is 13.0. The van der Waals surface area contributed by atoms with E-state index in [-0.39, 0.29) is 10.1 Å². The Hall–Kier alpha value is -1.35. The molecule has 1 fully saturated rings. The second-order valence-electron chi connectivity index (χ2n) is 9.26. The Bertz CT molecular complexity index is 1070. The number of carbonyl (C=O) groups is 1. The van der Waals surface area contributed by atoms with Crippen LogP contribution >= 0.6 is 27.7 Å². The van der Waals surface area contributed by atoms with E-state index >= 15 is 0 Å². The van der Waals surface area contributed by atoms with Crippen molar-refractivity contribution in [1.29, 1.82) is 0 Å². The Kier molecular flexibility index (Phi) is 10.3. The summed E-state index contributed by atoms with van der Waals surface area (Å²) in [5.41, 5.74) is 1.69. The topological polar surface area (TPSA) is 74.7 Å². The van der Waals surface area contributed by atoms with E-state index in [1.54, 1.807) is 36.0 Å². The number of sulfonamides is 1. The van der Waals surface area contributed by atoms with Crippen molar-refractivity contribution in [3.05, 3.63) is 64.1 Å². The van der Waals surface area contributed by atoms with Gasteiger partial charge in [0.05, 0.1) is 16.9 Å². The summed E-state index contributed by atoms with van der Waals surface area (Å²) in [5.74, 6) is -0.934. The molecular formula is C27H36BrNO4S2. The molecule has 1 saturated heterocycles. The molecule has 0 bridgehead atoms. The molecule has 0 amide bonds. The van der Waals surface area contributed by atoms with Crippen LogP contribution in [0.25, 0.3) is 0 Å². The maximum atomic E-state index is 14.1. The summed E-state index contributed by atoms with van der Waals surface area (Å²) < 4.78 is 30.7. The number of nitrogens with zero attached hydrogens (tertiary/aromatic N) is 1. The summed E-state index contributed by atoms with van der Waals surface area (Å²) in [7, 11) is -3.93. The van der Waals surface area contributed by atoms with Gasteiger partial charge in [-0.05, 0) is 55.3 Å². The van der Waals surface area contributed by atoms with Crippen molar-refractivity contribution in [3.8, 4) is 0 Å². The van der Waals surface area contributed by atoms with Gasteiger partial charge in [0.25, 0.3) is 0 Å². The zero-order valence-electron chi connectivity index (χ0n) is 20.7. The van der Waals surface area contributed by atoms with E-state index in [1.165, 1.54) is 4.31 Å². The van der Waals surface area contributed by atoms with Crippen molar-refractivity contribution in [3.63, 3.8) is 0 Å². The minimum absolute atomic E-state index is 0.212. The Labute approximate surface area is 222 Å². The van der Waals surface area contributed by atoms with Crippen LogP contribution < -0.4 is 0 Å². The van der Waals surface area contributed by atoms with Gasteiger partial charge in [-0.15, -0.1) is 0 Å². The molecule has 4 atom stereocenters. The number of halogens is 1. The zero-order chi connectivity index (χ0) is 25.6. The van der Waals surface area contributed by atoms with E-state index in [1.807, 2.05) is 38.1 Å². The summed E-state index contributed by atoms with van der Waals surface area (Å²) >= 11 is 5.09. The lowest BCUT2D eigenvalue weighted by Crippen LogP contribution is -2.40. The van der Waals surface area contributed by atoms with E-state index in [0.29, 0.717) is 12.0 Å². The van der Waals surface area contributed by atoms with Gasteiger partial charge in [-0.2, -0.15) is 16.1 Å². The summed E-state index contributed by atoms with van der Waals surface area (Å²) in [6, 6.07) is 13.1. The third-order valence-corrected chi connectivity index (χ3v) is 10.6. The lowest BCUT2D eigenvalue weighted by molar-refractivity contribution is -0.142. The van der Waals surface area contributed by atoms with Crippen molar-refractivity contribution in [2.45, 2.75) is 81.5 Å². The third-order valence-electron chi connectivity index (χ3n) is 6.66. The normalized spacial score (nSPS) is 23.0. The molecule has 35 heavy (non-hydrogen) atoms. The summed E-state index contributed by atoms with van der Waals surface area (Å²) in [5, 5.41) is 10.1. The average molecular weight is 583 g/mol. The smallest absolute Gasteiger partial charge is 0.309 e. The highest BCUT2D eigenvalue weighted by atomic mass is 79.9. The van der Waals surface area contributed by atoms with Crippen LogP contribution in [0.5, 0.6) is 0 Å². The van der Waals surface area contributed by atoms with E-state index in [4.69, 9.17) is 0 Å². The number of aliphatic carboxylic acids is 1. The molecule has 1 heterocycles. The second kappa shape index (κ2) is 12.7. The van der Waals surface area contributed by atoms with Gasteiger partial charge in [0.2, 0.25) is 10.0 Å². The average Bonchev–Trinajstić information content (AvgIpc) is 3.15. The highest BCUT2D eigenvalue weighted by Crippen LogP contribution is 2.50. The molecule has 1 aliphatic heterocycles. The first-order valence-corrected chi connectivity index (χ1v) is 15.7. The lowest BCUT2D eigenvalue weighted by atomic mass is 9.92. The standard InChI is InChI=1S/C27H36BrNO4S2/c1-4-6-7-8-18-34-26-23(9-5-2)29(35(32,33)22-16-10-19(3)11-17-22)25(24(26)27(30)31)20-12-14-21(28)15-13-20/h10-17,23-26H,4-9,18H2,1-3H3,(H,30,31)/t23-,24+,25+,26-/m1/s1. The molecule has 2 aromatic rings. The lowest BCUT2D eigenvalue weighted by Gasteiger charge is -2.31. The number of carboxylic acids is 1. The fourth-order valence-electron chi connectivity index (χ4n) is 4.93. The number of hydrogen-bond donors (Lipinski definition) is 1. The monoisotopic (exact) mass is 581 g/mol. The summed E-state index contributed by atoms with van der Waals surface area (Å²) in [6.45, 7) is 6.11. The highest BCUT2D eigenvalue weighted by molar-refractivity contribution is 9.10. The Morgan fingerprint density at radius 3 is 2.23 bits per heavy atom. The molecule has 0 spiro atoms. The molecule has 0 saturated carbocycles. The van der Waals surface area contributed by atoms with E-state index in [0.717, 1.165) is 47.9 Å². The molecule has 2 aromatic carbocycles. The summed E-state index contributed by atoms with van der Waals surface area (Å²) in [6.07, 6.45) is 5.80. The maximum absolute atomic E-state index is 14.1. The molecule has 0 aliphatic carbocycles. The number of carboxylic acid groups (broad SMARTS) is 1.